The van der Waals surface area contributed by atoms with Crippen LogP contribution in [0.1, 0.15) is 27.2 Å². The van der Waals surface area contributed by atoms with Crippen LogP contribution in [0.25, 0.3) is 17.2 Å². The number of nitriles is 1. The predicted molar refractivity (Wildman–Crippen MR) is 153 cm³/mol. The number of benzene rings is 3. The quantitative estimate of drug-likeness (QED) is 0.222. The second kappa shape index (κ2) is 12.7. The average molecular weight is 604 g/mol. The number of aromatic nitrogens is 1. The Morgan fingerprint density at radius 2 is 1.70 bits per heavy atom. The number of hydrogen-bond acceptors (Lipinski definition) is 8. The lowest BCUT2D eigenvalue weighted by atomic mass is 9.94. The minimum absolute atomic E-state index is 0.0818. The number of carbonyl (C=O) groups is 1. The van der Waals surface area contributed by atoms with E-state index in [-0.39, 0.29) is 30.3 Å². The molecule has 1 aromatic heterocycles. The molecule has 1 aliphatic rings. The van der Waals surface area contributed by atoms with Crippen LogP contribution < -0.4 is 29.0 Å². The van der Waals surface area contributed by atoms with Gasteiger partial charge in [0, 0.05) is 35.0 Å². The molecule has 0 bridgehead atoms. The van der Waals surface area contributed by atoms with Gasteiger partial charge < -0.3 is 29.0 Å². The first-order valence-electron chi connectivity index (χ1n) is 13.1. The summed E-state index contributed by atoms with van der Waals surface area (Å²) in [7, 11) is 1.55. The van der Waals surface area contributed by atoms with Gasteiger partial charge in [-0.05, 0) is 61.0 Å². The third-order valence-corrected chi connectivity index (χ3v) is 6.46. The molecular weight excluding hydrogens is 579 g/mol. The van der Waals surface area contributed by atoms with E-state index in [1.54, 1.807) is 56.5 Å². The van der Waals surface area contributed by atoms with Gasteiger partial charge in [-0.15, -0.1) is 13.2 Å². The fraction of sp³-hybridized carbons (Fsp3) is 0.156. The third-order valence-electron chi connectivity index (χ3n) is 6.46. The highest BCUT2D eigenvalue weighted by atomic mass is 19.4. The number of rotatable bonds is 9. The minimum Gasteiger partial charge on any atom is -0.497 e. The Morgan fingerprint density at radius 1 is 1.02 bits per heavy atom. The third kappa shape index (κ3) is 6.84. The topological polar surface area (TPSA) is 112 Å². The summed E-state index contributed by atoms with van der Waals surface area (Å²) in [4.78, 5) is 17.1. The zero-order chi connectivity index (χ0) is 31.3. The van der Waals surface area contributed by atoms with Crippen molar-refractivity contribution >= 4 is 12.0 Å². The first-order valence-corrected chi connectivity index (χ1v) is 13.1. The van der Waals surface area contributed by atoms with Crippen molar-refractivity contribution in [2.24, 2.45) is 0 Å². The van der Waals surface area contributed by atoms with E-state index in [9.17, 15) is 23.2 Å². The van der Waals surface area contributed by atoms with Crippen LogP contribution in [-0.4, -0.2) is 37.7 Å². The summed E-state index contributed by atoms with van der Waals surface area (Å²) in [6.45, 7) is 1.95. The van der Waals surface area contributed by atoms with Gasteiger partial charge in [0.05, 0.1) is 7.11 Å². The fourth-order valence-corrected chi connectivity index (χ4v) is 4.42. The molecule has 224 valence electrons. The van der Waals surface area contributed by atoms with Gasteiger partial charge in [-0.3, -0.25) is 4.79 Å². The number of nitrogens with zero attached hydrogens (tertiary/aromatic N) is 2. The van der Waals surface area contributed by atoms with E-state index >= 15 is 0 Å². The second-order valence-corrected chi connectivity index (χ2v) is 9.31. The number of pyridine rings is 1. The molecule has 0 atom stereocenters. The van der Waals surface area contributed by atoms with E-state index in [0.717, 1.165) is 12.1 Å². The predicted octanol–water partition coefficient (Wildman–Crippen LogP) is 6.80. The second-order valence-electron chi connectivity index (χ2n) is 9.31. The van der Waals surface area contributed by atoms with Gasteiger partial charge in [-0.25, -0.2) is 4.98 Å². The van der Waals surface area contributed by atoms with Gasteiger partial charge in [0.15, 0.2) is 11.5 Å². The van der Waals surface area contributed by atoms with E-state index in [0.29, 0.717) is 45.4 Å². The van der Waals surface area contributed by atoms with Crippen LogP contribution in [0.4, 0.5) is 13.2 Å². The first kappa shape index (κ1) is 29.8. The molecule has 4 aromatic rings. The number of hydrogen-bond donors (Lipinski definition) is 1. The number of amides is 1. The van der Waals surface area contributed by atoms with Crippen LogP contribution in [0.5, 0.6) is 34.6 Å². The van der Waals surface area contributed by atoms with Gasteiger partial charge >= 0.3 is 6.36 Å². The monoisotopic (exact) mass is 603 g/mol. The highest BCUT2D eigenvalue weighted by molar-refractivity contribution is 5.94. The summed E-state index contributed by atoms with van der Waals surface area (Å²) < 4.78 is 63.2. The first-order chi connectivity index (χ1) is 21.1. The molecule has 1 amide bonds. The molecule has 1 aliphatic heterocycles. The van der Waals surface area contributed by atoms with E-state index in [1.165, 1.54) is 12.1 Å². The van der Waals surface area contributed by atoms with Crippen LogP contribution in [0.15, 0.2) is 72.8 Å². The molecular formula is C32H24F3N3O6. The Hall–Kier alpha value is -5.70. The van der Waals surface area contributed by atoms with Crippen molar-refractivity contribution in [2.75, 3.05) is 20.4 Å². The summed E-state index contributed by atoms with van der Waals surface area (Å²) >= 11 is 0. The molecule has 9 nitrogen and oxygen atoms in total. The van der Waals surface area contributed by atoms with E-state index < -0.39 is 18.0 Å². The molecule has 12 heteroatoms. The molecule has 0 aliphatic carbocycles. The highest BCUT2D eigenvalue weighted by Gasteiger charge is 2.31. The summed E-state index contributed by atoms with van der Waals surface area (Å²) in [5.74, 6) is 1.31. The molecule has 0 saturated heterocycles. The molecule has 0 radical (unpaired) electrons. The number of carbonyl (C=O) groups excluding carboxylic acids is 1. The summed E-state index contributed by atoms with van der Waals surface area (Å²) in [6.07, 6.45) is -1.42. The number of halogens is 3. The molecule has 1 N–H and O–H groups in total. The summed E-state index contributed by atoms with van der Waals surface area (Å²) in [5, 5.41) is 13.0. The van der Waals surface area contributed by atoms with Crippen molar-refractivity contribution < 1.29 is 41.7 Å². The fourth-order valence-electron chi connectivity index (χ4n) is 4.42. The Morgan fingerprint density at radius 3 is 2.39 bits per heavy atom. The molecule has 0 spiro atoms. The van der Waals surface area contributed by atoms with Crippen molar-refractivity contribution in [3.63, 3.8) is 0 Å². The summed E-state index contributed by atoms with van der Waals surface area (Å²) in [6, 6.07) is 19.0. The van der Waals surface area contributed by atoms with Crippen LogP contribution in [0.2, 0.25) is 0 Å². The smallest absolute Gasteiger partial charge is 0.497 e. The standard InChI is InChI=1S/C32H24F3N3O6/c1-19-25(4-3-15-37-30(39)21-7-11-23(12-8-21)44-32(33,34)35)29(20-5-9-22(40-2)10-6-20)26(17-36)31(38-19)43-24-13-14-27-28(16-24)42-18-41-27/h3-14,16H,15,18H2,1-2H3,(H,37,39). The zero-order valence-electron chi connectivity index (χ0n) is 23.4. The summed E-state index contributed by atoms with van der Waals surface area (Å²) in [5.41, 5.74) is 2.76. The molecule has 2 heterocycles. The molecule has 44 heavy (non-hydrogen) atoms. The maximum atomic E-state index is 12.5. The normalized spacial score (nSPS) is 12.1. The van der Waals surface area contributed by atoms with Gasteiger partial charge in [-0.1, -0.05) is 24.3 Å². The number of nitrogens with one attached hydrogen (secondary N) is 1. The lowest BCUT2D eigenvalue weighted by Crippen LogP contribution is -2.23. The van der Waals surface area contributed by atoms with Gasteiger partial charge in [-0.2, -0.15) is 5.26 Å². The number of methoxy groups -OCH3 is 1. The zero-order valence-corrected chi connectivity index (χ0v) is 23.4. The Labute approximate surface area is 250 Å². The SMILES string of the molecule is COc1ccc(-c2c(C#N)c(Oc3ccc4c(c3)OCO4)nc(C)c2C=CCNC(=O)c2ccc(OC(F)(F)F)cc2)cc1. The van der Waals surface area contributed by atoms with Crippen LogP contribution in [-0.2, 0) is 0 Å². The highest BCUT2D eigenvalue weighted by Crippen LogP contribution is 2.40. The minimum atomic E-state index is -4.83. The maximum Gasteiger partial charge on any atom is 0.573 e. The van der Waals surface area contributed by atoms with E-state index in [2.05, 4.69) is 21.1 Å². The van der Waals surface area contributed by atoms with Crippen molar-refractivity contribution in [3.05, 3.63) is 95.2 Å². The molecule has 0 fully saturated rings. The molecule has 5 rings (SSSR count). The molecule has 0 saturated carbocycles. The van der Waals surface area contributed by atoms with Crippen LogP contribution >= 0.6 is 0 Å². The van der Waals surface area contributed by atoms with E-state index in [4.69, 9.17) is 18.9 Å². The van der Waals surface area contributed by atoms with Gasteiger partial charge in [0.2, 0.25) is 12.7 Å². The molecule has 0 unspecified atom stereocenters. The number of alkyl halides is 3. The number of fused-ring (bicyclic) bond motifs is 1. The average Bonchev–Trinajstić information content (AvgIpc) is 3.47. The van der Waals surface area contributed by atoms with Crippen molar-refractivity contribution in [1.82, 2.24) is 10.3 Å². The number of ether oxygens (including phenoxy) is 5. The molecule has 3 aromatic carbocycles. The van der Waals surface area contributed by atoms with E-state index in [1.807, 2.05) is 12.1 Å². The van der Waals surface area contributed by atoms with Crippen molar-refractivity contribution in [1.29, 1.82) is 5.26 Å². The van der Waals surface area contributed by atoms with Crippen LogP contribution in [0.3, 0.4) is 0 Å². The maximum absolute atomic E-state index is 12.5. The Kier molecular flexibility index (Phi) is 8.57. The lowest BCUT2D eigenvalue weighted by Gasteiger charge is -2.16. The van der Waals surface area contributed by atoms with Crippen molar-refractivity contribution in [3.8, 4) is 51.8 Å². The number of aryl methyl sites for hydroxylation is 1. The van der Waals surface area contributed by atoms with Gasteiger partial charge in [0.1, 0.15) is 28.9 Å². The lowest BCUT2D eigenvalue weighted by molar-refractivity contribution is -0.274. The van der Waals surface area contributed by atoms with Crippen molar-refractivity contribution in [2.45, 2.75) is 13.3 Å². The Balaban J connectivity index is 1.41. The Bertz CT molecular complexity index is 1750. The van der Waals surface area contributed by atoms with Gasteiger partial charge in [0.25, 0.3) is 5.91 Å². The largest absolute Gasteiger partial charge is 0.573 e. The van der Waals surface area contributed by atoms with Crippen LogP contribution in [0, 0.1) is 18.3 Å².